The van der Waals surface area contributed by atoms with Crippen LogP contribution < -0.4 is 0 Å². The number of thioether (sulfide) groups is 1. The molecule has 1 aromatic carbocycles. The molecule has 0 radical (unpaired) electrons. The van der Waals surface area contributed by atoms with Crippen molar-refractivity contribution in [2.45, 2.75) is 6.92 Å². The summed E-state index contributed by atoms with van der Waals surface area (Å²) in [6, 6.07) is 11.8. The van der Waals surface area contributed by atoms with Crippen molar-refractivity contribution < 1.29 is 0 Å². The standard InChI is InChI=1S/C16H17N3S/c1-12-7-5-6-8-14(12)15(13(10-17)11-18)9-16(20-4)19(2)3/h5-9H,1-4H3/b16-9+. The maximum Gasteiger partial charge on any atom is 0.137 e. The van der Waals surface area contributed by atoms with E-state index in [4.69, 9.17) is 0 Å². The van der Waals surface area contributed by atoms with E-state index in [-0.39, 0.29) is 5.57 Å². The zero-order valence-electron chi connectivity index (χ0n) is 12.1. The average Bonchev–Trinajstić information content (AvgIpc) is 2.44. The van der Waals surface area contributed by atoms with Gasteiger partial charge >= 0.3 is 0 Å². The van der Waals surface area contributed by atoms with E-state index in [2.05, 4.69) is 0 Å². The van der Waals surface area contributed by atoms with Crippen LogP contribution in [0.5, 0.6) is 0 Å². The lowest BCUT2D eigenvalue weighted by Gasteiger charge is -2.16. The summed E-state index contributed by atoms with van der Waals surface area (Å²) in [7, 11) is 3.88. The van der Waals surface area contributed by atoms with Crippen LogP contribution in [0.25, 0.3) is 5.57 Å². The summed E-state index contributed by atoms with van der Waals surface area (Å²) < 4.78 is 0. The zero-order valence-corrected chi connectivity index (χ0v) is 13.0. The third kappa shape index (κ3) is 3.66. The fraction of sp³-hybridized carbons (Fsp3) is 0.250. The fourth-order valence-electron chi connectivity index (χ4n) is 1.80. The molecule has 20 heavy (non-hydrogen) atoms. The molecule has 0 unspecified atom stereocenters. The van der Waals surface area contributed by atoms with Gasteiger partial charge in [-0.2, -0.15) is 10.5 Å². The van der Waals surface area contributed by atoms with Crippen LogP contribution >= 0.6 is 11.8 Å². The summed E-state index contributed by atoms with van der Waals surface area (Å²) in [6.07, 6.45) is 3.87. The molecular formula is C16H17N3S. The van der Waals surface area contributed by atoms with Gasteiger partial charge in [-0.3, -0.25) is 0 Å². The van der Waals surface area contributed by atoms with Crippen molar-refractivity contribution in [1.82, 2.24) is 4.90 Å². The molecule has 0 aliphatic rings. The molecule has 4 heteroatoms. The monoisotopic (exact) mass is 283 g/mol. The molecule has 0 saturated heterocycles. The van der Waals surface area contributed by atoms with Gasteiger partial charge in [-0.05, 0) is 30.4 Å². The van der Waals surface area contributed by atoms with Crippen molar-refractivity contribution in [3.63, 3.8) is 0 Å². The van der Waals surface area contributed by atoms with Gasteiger partial charge in [-0.1, -0.05) is 24.3 Å². The van der Waals surface area contributed by atoms with Gasteiger partial charge in [-0.25, -0.2) is 0 Å². The molecule has 0 aliphatic carbocycles. The second-order valence-corrected chi connectivity index (χ2v) is 5.23. The van der Waals surface area contributed by atoms with Crippen LogP contribution in [0.4, 0.5) is 0 Å². The second-order valence-electron chi connectivity index (χ2n) is 4.41. The molecule has 0 aliphatic heterocycles. The van der Waals surface area contributed by atoms with Gasteiger partial charge in [0.05, 0.1) is 5.03 Å². The number of allylic oxidation sites excluding steroid dienone is 3. The molecule has 1 rings (SSSR count). The van der Waals surface area contributed by atoms with E-state index in [1.54, 1.807) is 11.8 Å². The Hall–Kier alpha value is -2.17. The molecule has 0 saturated carbocycles. The van der Waals surface area contributed by atoms with Gasteiger partial charge in [-0.15, -0.1) is 11.8 Å². The zero-order chi connectivity index (χ0) is 15.1. The van der Waals surface area contributed by atoms with Gasteiger partial charge in [0.15, 0.2) is 0 Å². The first-order chi connectivity index (χ1) is 9.54. The third-order valence-corrected chi connectivity index (χ3v) is 3.75. The summed E-state index contributed by atoms with van der Waals surface area (Å²) in [4.78, 5) is 1.97. The Morgan fingerprint density at radius 1 is 1.20 bits per heavy atom. The normalized spacial score (nSPS) is 10.4. The first-order valence-corrected chi connectivity index (χ1v) is 7.31. The molecule has 3 nitrogen and oxygen atoms in total. The quantitative estimate of drug-likeness (QED) is 0.626. The molecule has 0 atom stereocenters. The topological polar surface area (TPSA) is 50.8 Å². The number of hydrogen-bond donors (Lipinski definition) is 0. The third-order valence-electron chi connectivity index (χ3n) is 2.85. The SMILES string of the molecule is CS/C(=C/C(=C(C#N)C#N)c1ccccc1C)N(C)C. The Labute approximate surface area is 124 Å². The molecular weight excluding hydrogens is 266 g/mol. The van der Waals surface area contributed by atoms with Gasteiger partial charge < -0.3 is 4.90 Å². The molecule has 0 N–H and O–H groups in total. The predicted octanol–water partition coefficient (Wildman–Crippen LogP) is 3.56. The largest absolute Gasteiger partial charge is 0.372 e. The van der Waals surface area contributed by atoms with Gasteiger partial charge in [0.2, 0.25) is 0 Å². The predicted molar refractivity (Wildman–Crippen MR) is 84.6 cm³/mol. The molecule has 102 valence electrons. The number of hydrogen-bond acceptors (Lipinski definition) is 4. The van der Waals surface area contributed by atoms with Crippen LogP contribution in [0.2, 0.25) is 0 Å². The Morgan fingerprint density at radius 3 is 2.25 bits per heavy atom. The van der Waals surface area contributed by atoms with Crippen LogP contribution in [0, 0.1) is 29.6 Å². The minimum Gasteiger partial charge on any atom is -0.372 e. The Kier molecular flexibility index (Phi) is 5.90. The van der Waals surface area contributed by atoms with Crippen molar-refractivity contribution >= 4 is 17.3 Å². The van der Waals surface area contributed by atoms with Crippen molar-refractivity contribution in [2.75, 3.05) is 20.4 Å². The lowest BCUT2D eigenvalue weighted by molar-refractivity contribution is 0.551. The Morgan fingerprint density at radius 2 is 1.80 bits per heavy atom. The van der Waals surface area contributed by atoms with Crippen molar-refractivity contribution in [3.05, 3.63) is 52.1 Å². The number of rotatable bonds is 4. The summed E-state index contributed by atoms with van der Waals surface area (Å²) in [6.45, 7) is 1.98. The van der Waals surface area contributed by atoms with E-state index in [9.17, 15) is 10.5 Å². The van der Waals surface area contributed by atoms with Crippen LogP contribution in [-0.4, -0.2) is 25.3 Å². The van der Waals surface area contributed by atoms with E-state index in [1.165, 1.54) is 0 Å². The molecule has 0 aromatic heterocycles. The maximum absolute atomic E-state index is 9.19. The van der Waals surface area contributed by atoms with E-state index in [0.717, 1.165) is 16.2 Å². The van der Waals surface area contributed by atoms with E-state index in [1.807, 2.05) is 74.7 Å². The van der Waals surface area contributed by atoms with Crippen LogP contribution in [0.15, 0.2) is 40.9 Å². The number of aryl methyl sites for hydroxylation is 1. The first kappa shape index (κ1) is 15.9. The van der Waals surface area contributed by atoms with Gasteiger partial charge in [0, 0.05) is 19.7 Å². The highest BCUT2D eigenvalue weighted by Crippen LogP contribution is 2.27. The lowest BCUT2D eigenvalue weighted by Crippen LogP contribution is -2.08. The van der Waals surface area contributed by atoms with Crippen molar-refractivity contribution in [2.24, 2.45) is 0 Å². The summed E-state index contributed by atoms with van der Waals surface area (Å²) in [5, 5.41) is 19.4. The average molecular weight is 283 g/mol. The first-order valence-electron chi connectivity index (χ1n) is 6.08. The molecule has 1 aromatic rings. The lowest BCUT2D eigenvalue weighted by atomic mass is 9.96. The maximum atomic E-state index is 9.19. The van der Waals surface area contributed by atoms with Crippen LogP contribution in [0.1, 0.15) is 11.1 Å². The molecule has 0 fully saturated rings. The number of benzene rings is 1. The van der Waals surface area contributed by atoms with E-state index in [0.29, 0.717) is 5.57 Å². The summed E-state index contributed by atoms with van der Waals surface area (Å²) >= 11 is 1.58. The highest BCUT2D eigenvalue weighted by molar-refractivity contribution is 8.02. The van der Waals surface area contributed by atoms with Crippen LogP contribution in [-0.2, 0) is 0 Å². The van der Waals surface area contributed by atoms with Crippen molar-refractivity contribution in [3.8, 4) is 12.1 Å². The van der Waals surface area contributed by atoms with Gasteiger partial charge in [0.25, 0.3) is 0 Å². The van der Waals surface area contributed by atoms with E-state index >= 15 is 0 Å². The van der Waals surface area contributed by atoms with E-state index < -0.39 is 0 Å². The summed E-state index contributed by atoms with van der Waals surface area (Å²) in [5.74, 6) is 0. The van der Waals surface area contributed by atoms with Crippen molar-refractivity contribution in [1.29, 1.82) is 10.5 Å². The fourth-order valence-corrected chi connectivity index (χ4v) is 2.40. The second kappa shape index (κ2) is 7.43. The molecule has 0 heterocycles. The number of nitriles is 2. The summed E-state index contributed by atoms with van der Waals surface area (Å²) in [5.41, 5.74) is 2.76. The molecule has 0 spiro atoms. The van der Waals surface area contributed by atoms with Crippen LogP contribution in [0.3, 0.4) is 0 Å². The number of nitrogens with zero attached hydrogens (tertiary/aromatic N) is 3. The minimum absolute atomic E-state index is 0.132. The minimum atomic E-state index is 0.132. The highest BCUT2D eigenvalue weighted by atomic mass is 32.2. The molecule has 0 bridgehead atoms. The Bertz CT molecular complexity index is 612. The smallest absolute Gasteiger partial charge is 0.137 e. The molecule has 0 amide bonds. The Balaban J connectivity index is 3.57. The van der Waals surface area contributed by atoms with Gasteiger partial charge in [0.1, 0.15) is 17.7 Å². The highest BCUT2D eigenvalue weighted by Gasteiger charge is 2.11.